The first-order valence-corrected chi connectivity index (χ1v) is 2.19. The molecule has 1 unspecified atom stereocenters. The molecule has 8 heavy (non-hydrogen) atoms. The minimum absolute atomic E-state index is 0.449. The van der Waals surface area contributed by atoms with Gasteiger partial charge < -0.3 is 9.57 Å². The van der Waals surface area contributed by atoms with Crippen LogP contribution in [0.1, 0.15) is 0 Å². The lowest BCUT2D eigenvalue weighted by Gasteiger charge is -2.11. The van der Waals surface area contributed by atoms with E-state index in [-0.39, 0.29) is 0 Å². The van der Waals surface area contributed by atoms with E-state index in [1.54, 1.807) is 6.08 Å². The Balaban J connectivity index is 2.41. The summed E-state index contributed by atoms with van der Waals surface area (Å²) in [4.78, 5) is 4.44. The van der Waals surface area contributed by atoms with E-state index in [1.807, 2.05) is 0 Å². The highest BCUT2D eigenvalue weighted by atomic mass is 16.9. The second-order valence-electron chi connectivity index (χ2n) is 1.36. The van der Waals surface area contributed by atoms with Crippen LogP contribution in [-0.4, -0.2) is 23.8 Å². The molecule has 4 heteroatoms. The molecule has 0 amide bonds. The molecule has 0 aromatic carbocycles. The number of hydrogen-bond acceptors (Lipinski definition) is 4. The maximum absolute atomic E-state index is 8.61. The summed E-state index contributed by atoms with van der Waals surface area (Å²) in [7, 11) is 1.48. The lowest BCUT2D eigenvalue weighted by atomic mass is 10.6. The van der Waals surface area contributed by atoms with E-state index in [0.717, 1.165) is 0 Å². The van der Waals surface area contributed by atoms with Crippen molar-refractivity contribution < 1.29 is 14.8 Å². The third-order valence-corrected chi connectivity index (χ3v) is 0.871. The Labute approximate surface area is 46.8 Å². The fraction of sp³-hybridized carbons (Fsp3) is 0.500. The van der Waals surface area contributed by atoms with Crippen LogP contribution in [0.5, 0.6) is 0 Å². The lowest BCUT2D eigenvalue weighted by Crippen LogP contribution is -2.26. The third-order valence-electron chi connectivity index (χ3n) is 0.871. The van der Waals surface area contributed by atoms with Crippen molar-refractivity contribution in [3.8, 4) is 0 Å². The summed E-state index contributed by atoms with van der Waals surface area (Å²) in [5.74, 6) is 0. The van der Waals surface area contributed by atoms with Crippen molar-refractivity contribution in [3.05, 3.63) is 12.3 Å². The van der Waals surface area contributed by atoms with Crippen LogP contribution in [0, 0.1) is 0 Å². The van der Waals surface area contributed by atoms with Crippen molar-refractivity contribution in [2.75, 3.05) is 7.11 Å². The summed E-state index contributed by atoms with van der Waals surface area (Å²) in [6, 6.07) is 0. The lowest BCUT2D eigenvalue weighted by molar-refractivity contribution is -0.349. The molecule has 0 fully saturated rings. The van der Waals surface area contributed by atoms with Crippen molar-refractivity contribution in [3.63, 3.8) is 0 Å². The van der Waals surface area contributed by atoms with E-state index < -0.39 is 6.23 Å². The Kier molecular flexibility index (Phi) is 1.48. The molecule has 0 radical (unpaired) electrons. The van der Waals surface area contributed by atoms with Gasteiger partial charge in [-0.1, -0.05) is 0 Å². The van der Waals surface area contributed by atoms with Gasteiger partial charge in [-0.05, 0) is 0 Å². The summed E-state index contributed by atoms with van der Waals surface area (Å²) in [6.07, 6.45) is 2.49. The third kappa shape index (κ3) is 0.812. The summed E-state index contributed by atoms with van der Waals surface area (Å²) >= 11 is 0. The molecule has 1 aliphatic heterocycles. The van der Waals surface area contributed by atoms with Gasteiger partial charge in [-0.15, -0.1) is 0 Å². The molecule has 1 aliphatic rings. The molecule has 0 aliphatic carbocycles. The SMILES string of the molecule is COC1C=CON1O. The van der Waals surface area contributed by atoms with Gasteiger partial charge in [0.1, 0.15) is 6.26 Å². The van der Waals surface area contributed by atoms with Crippen LogP contribution >= 0.6 is 0 Å². The minimum Gasteiger partial charge on any atom is -0.386 e. The largest absolute Gasteiger partial charge is 0.386 e. The summed E-state index contributed by atoms with van der Waals surface area (Å²) in [6.45, 7) is 0. The fourth-order valence-electron chi connectivity index (χ4n) is 0.467. The Bertz CT molecular complexity index is 103. The van der Waals surface area contributed by atoms with Crippen molar-refractivity contribution in [2.45, 2.75) is 6.23 Å². The first kappa shape index (κ1) is 5.55. The standard InChI is InChI=1S/C4H7NO3/c1-7-4-2-3-8-5(4)6/h2-4,6H,1H3. The fourth-order valence-corrected chi connectivity index (χ4v) is 0.467. The van der Waals surface area contributed by atoms with E-state index in [0.29, 0.717) is 5.23 Å². The van der Waals surface area contributed by atoms with E-state index in [2.05, 4.69) is 9.57 Å². The normalized spacial score (nSPS) is 28.5. The highest BCUT2D eigenvalue weighted by molar-refractivity contribution is 4.84. The van der Waals surface area contributed by atoms with Crippen molar-refractivity contribution in [2.24, 2.45) is 0 Å². The Morgan fingerprint density at radius 3 is 2.88 bits per heavy atom. The minimum atomic E-state index is -0.449. The molecule has 0 saturated heterocycles. The highest BCUT2D eigenvalue weighted by Gasteiger charge is 2.17. The number of hydroxylamine groups is 2. The van der Waals surface area contributed by atoms with E-state index in [1.165, 1.54) is 13.4 Å². The van der Waals surface area contributed by atoms with Gasteiger partial charge in [0, 0.05) is 18.4 Å². The average Bonchev–Trinajstić information content (AvgIpc) is 2.14. The molecule has 0 spiro atoms. The predicted molar refractivity (Wildman–Crippen MR) is 24.6 cm³/mol. The van der Waals surface area contributed by atoms with Crippen molar-refractivity contribution >= 4 is 0 Å². The number of nitrogens with zero attached hydrogens (tertiary/aromatic N) is 1. The first-order valence-electron chi connectivity index (χ1n) is 2.19. The number of methoxy groups -OCH3 is 1. The molecule has 1 rings (SSSR count). The second kappa shape index (κ2) is 2.13. The molecular formula is C4H7NO3. The monoisotopic (exact) mass is 117 g/mol. The van der Waals surface area contributed by atoms with Crippen LogP contribution in [0.3, 0.4) is 0 Å². The Hall–Kier alpha value is -0.580. The summed E-state index contributed by atoms with van der Waals surface area (Å²) in [5.41, 5.74) is 0. The summed E-state index contributed by atoms with van der Waals surface area (Å²) in [5, 5.41) is 9.24. The van der Waals surface area contributed by atoms with Crippen LogP contribution < -0.4 is 0 Å². The second-order valence-corrected chi connectivity index (χ2v) is 1.36. The number of hydrogen-bond donors (Lipinski definition) is 1. The van der Waals surface area contributed by atoms with Crippen molar-refractivity contribution in [1.29, 1.82) is 0 Å². The van der Waals surface area contributed by atoms with Crippen LogP contribution in [0.2, 0.25) is 0 Å². The van der Waals surface area contributed by atoms with Crippen LogP contribution in [-0.2, 0) is 9.57 Å². The van der Waals surface area contributed by atoms with E-state index in [9.17, 15) is 0 Å². The first-order chi connectivity index (χ1) is 3.84. The molecule has 1 atom stereocenters. The van der Waals surface area contributed by atoms with Gasteiger partial charge in [0.05, 0.1) is 0 Å². The zero-order valence-electron chi connectivity index (χ0n) is 4.44. The Morgan fingerprint density at radius 2 is 2.62 bits per heavy atom. The molecular weight excluding hydrogens is 110 g/mol. The van der Waals surface area contributed by atoms with Gasteiger partial charge in [-0.3, -0.25) is 5.21 Å². The zero-order chi connectivity index (χ0) is 5.98. The predicted octanol–water partition coefficient (Wildman–Crippen LogP) is 0.109. The van der Waals surface area contributed by atoms with Crippen LogP contribution in [0.15, 0.2) is 12.3 Å². The zero-order valence-corrected chi connectivity index (χ0v) is 4.44. The van der Waals surface area contributed by atoms with E-state index >= 15 is 0 Å². The Morgan fingerprint density at radius 1 is 1.88 bits per heavy atom. The molecule has 46 valence electrons. The highest BCUT2D eigenvalue weighted by Crippen LogP contribution is 2.06. The van der Waals surface area contributed by atoms with Gasteiger partial charge in [-0.2, -0.15) is 0 Å². The van der Waals surface area contributed by atoms with Crippen LogP contribution in [0.25, 0.3) is 0 Å². The van der Waals surface area contributed by atoms with Gasteiger partial charge in [0.2, 0.25) is 0 Å². The maximum Gasteiger partial charge on any atom is 0.192 e. The van der Waals surface area contributed by atoms with E-state index in [4.69, 9.17) is 5.21 Å². The molecule has 0 saturated carbocycles. The average molecular weight is 117 g/mol. The van der Waals surface area contributed by atoms with Gasteiger partial charge >= 0.3 is 0 Å². The summed E-state index contributed by atoms with van der Waals surface area (Å²) < 4.78 is 4.69. The smallest absolute Gasteiger partial charge is 0.192 e. The molecule has 0 bridgehead atoms. The van der Waals surface area contributed by atoms with Gasteiger partial charge in [0.25, 0.3) is 0 Å². The molecule has 1 N–H and O–H groups in total. The maximum atomic E-state index is 8.61. The topological polar surface area (TPSA) is 41.9 Å². The quantitative estimate of drug-likeness (QED) is 0.529. The molecule has 1 heterocycles. The molecule has 4 nitrogen and oxygen atoms in total. The van der Waals surface area contributed by atoms with Gasteiger partial charge in [0.15, 0.2) is 6.23 Å². The number of rotatable bonds is 1. The van der Waals surface area contributed by atoms with Crippen LogP contribution in [0.4, 0.5) is 0 Å². The van der Waals surface area contributed by atoms with Gasteiger partial charge in [-0.25, -0.2) is 0 Å². The number of ether oxygens (including phenoxy) is 1. The molecule has 0 aromatic rings. The molecule has 0 aromatic heterocycles. The van der Waals surface area contributed by atoms with Crippen molar-refractivity contribution in [1.82, 2.24) is 5.23 Å².